The van der Waals surface area contributed by atoms with E-state index in [1.165, 1.54) is 15.7 Å². The maximum Gasteiger partial charge on any atom is 0.358 e. The van der Waals surface area contributed by atoms with Gasteiger partial charge >= 0.3 is 5.97 Å². The fraction of sp³-hybridized carbons (Fsp3) is 0.0769. The summed E-state index contributed by atoms with van der Waals surface area (Å²) in [7, 11) is 0. The van der Waals surface area contributed by atoms with Crippen LogP contribution >= 0.6 is 22.9 Å². The van der Waals surface area contributed by atoms with E-state index in [1.54, 1.807) is 23.7 Å². The number of carboxylic acids is 1. The van der Waals surface area contributed by atoms with Crippen LogP contribution in [0.4, 0.5) is 0 Å². The zero-order valence-electron chi connectivity index (χ0n) is 10.3. The quantitative estimate of drug-likeness (QED) is 0.798. The van der Waals surface area contributed by atoms with Gasteiger partial charge in [-0.25, -0.2) is 4.79 Å². The molecule has 0 saturated carbocycles. The van der Waals surface area contributed by atoms with Gasteiger partial charge in [-0.2, -0.15) is 4.98 Å². The van der Waals surface area contributed by atoms with Crippen molar-refractivity contribution in [1.29, 1.82) is 0 Å². The molecule has 0 spiro atoms. The summed E-state index contributed by atoms with van der Waals surface area (Å²) in [6.07, 6.45) is 1.64. The molecule has 0 aliphatic carbocycles. The standard InChI is InChI=1S/C13H9ClN2O3S/c1-7-2-3-8(14)9(6-7)19-11-10(12(17)18)16-4-5-20-13(16)15-11/h2-6H,1H3,(H,17,18). The Morgan fingerprint density at radius 3 is 3.05 bits per heavy atom. The van der Waals surface area contributed by atoms with E-state index in [4.69, 9.17) is 16.3 Å². The van der Waals surface area contributed by atoms with E-state index < -0.39 is 5.97 Å². The summed E-state index contributed by atoms with van der Waals surface area (Å²) in [5, 5.41) is 11.5. The smallest absolute Gasteiger partial charge is 0.358 e. The van der Waals surface area contributed by atoms with Crippen LogP contribution in [0, 0.1) is 6.92 Å². The van der Waals surface area contributed by atoms with Crippen molar-refractivity contribution in [3.05, 3.63) is 46.1 Å². The highest BCUT2D eigenvalue weighted by Gasteiger charge is 2.22. The molecule has 7 heteroatoms. The van der Waals surface area contributed by atoms with Gasteiger partial charge in [-0.3, -0.25) is 4.40 Å². The number of carboxylic acid groups (broad SMARTS) is 1. The number of benzene rings is 1. The molecule has 0 aliphatic heterocycles. The number of aromatic carboxylic acids is 1. The number of rotatable bonds is 3. The minimum absolute atomic E-state index is 0.0150. The molecule has 0 radical (unpaired) electrons. The zero-order chi connectivity index (χ0) is 14.3. The summed E-state index contributed by atoms with van der Waals surface area (Å²) in [6, 6.07) is 5.28. The van der Waals surface area contributed by atoms with Gasteiger partial charge in [0.15, 0.2) is 10.7 Å². The first-order valence-corrected chi connectivity index (χ1v) is 6.95. The molecule has 2 aromatic heterocycles. The monoisotopic (exact) mass is 308 g/mol. The first-order valence-electron chi connectivity index (χ1n) is 5.69. The molecule has 1 N–H and O–H groups in total. The molecule has 0 bridgehead atoms. The summed E-state index contributed by atoms with van der Waals surface area (Å²) in [4.78, 5) is 16.1. The summed E-state index contributed by atoms with van der Waals surface area (Å²) >= 11 is 7.38. The van der Waals surface area contributed by atoms with Gasteiger partial charge in [-0.05, 0) is 24.6 Å². The Bertz CT molecular complexity index is 809. The van der Waals surface area contributed by atoms with Crippen molar-refractivity contribution >= 4 is 33.9 Å². The molecule has 0 fully saturated rings. The first-order chi connectivity index (χ1) is 9.56. The Hall–Kier alpha value is -2.05. The van der Waals surface area contributed by atoms with E-state index in [-0.39, 0.29) is 11.6 Å². The highest BCUT2D eigenvalue weighted by atomic mass is 35.5. The van der Waals surface area contributed by atoms with Gasteiger partial charge in [-0.1, -0.05) is 17.7 Å². The van der Waals surface area contributed by atoms with Gasteiger partial charge in [-0.15, -0.1) is 11.3 Å². The Morgan fingerprint density at radius 1 is 1.50 bits per heavy atom. The average Bonchev–Trinajstić information content (AvgIpc) is 2.93. The SMILES string of the molecule is Cc1ccc(Cl)c(Oc2nc3sccn3c2C(=O)O)c1. The molecule has 5 nitrogen and oxygen atoms in total. The third-order valence-electron chi connectivity index (χ3n) is 2.73. The van der Waals surface area contributed by atoms with Crippen LogP contribution in [0.2, 0.25) is 5.02 Å². The van der Waals surface area contributed by atoms with Gasteiger partial charge in [0.2, 0.25) is 0 Å². The number of ether oxygens (including phenoxy) is 1. The van der Waals surface area contributed by atoms with Crippen molar-refractivity contribution in [1.82, 2.24) is 9.38 Å². The van der Waals surface area contributed by atoms with Gasteiger partial charge in [0.1, 0.15) is 5.75 Å². The number of hydrogen-bond acceptors (Lipinski definition) is 4. The first kappa shape index (κ1) is 13.0. The highest BCUT2D eigenvalue weighted by molar-refractivity contribution is 7.15. The van der Waals surface area contributed by atoms with Crippen LogP contribution in [-0.2, 0) is 0 Å². The molecule has 0 aliphatic rings. The summed E-state index contributed by atoms with van der Waals surface area (Å²) in [6.45, 7) is 1.90. The van der Waals surface area contributed by atoms with Gasteiger partial charge < -0.3 is 9.84 Å². The lowest BCUT2D eigenvalue weighted by Gasteiger charge is -2.06. The Kier molecular flexibility index (Phi) is 3.11. The molecule has 0 atom stereocenters. The summed E-state index contributed by atoms with van der Waals surface area (Å²) in [5.41, 5.74) is 0.945. The van der Waals surface area contributed by atoms with Gasteiger partial charge in [0, 0.05) is 11.6 Å². The van der Waals surface area contributed by atoms with Crippen molar-refractivity contribution in [2.45, 2.75) is 6.92 Å². The van der Waals surface area contributed by atoms with Crippen LogP contribution in [-0.4, -0.2) is 20.5 Å². The molecular weight excluding hydrogens is 300 g/mol. The van der Waals surface area contributed by atoms with Crippen LogP contribution < -0.4 is 4.74 Å². The molecule has 0 unspecified atom stereocenters. The second-order valence-electron chi connectivity index (χ2n) is 4.16. The predicted molar refractivity (Wildman–Crippen MR) is 76.3 cm³/mol. The van der Waals surface area contributed by atoms with Crippen molar-refractivity contribution in [3.8, 4) is 11.6 Å². The lowest BCUT2D eigenvalue weighted by Crippen LogP contribution is -2.02. The Balaban J connectivity index is 2.10. The fourth-order valence-electron chi connectivity index (χ4n) is 1.82. The molecule has 20 heavy (non-hydrogen) atoms. The third-order valence-corrected chi connectivity index (χ3v) is 3.79. The number of carbonyl (C=O) groups is 1. The normalized spacial score (nSPS) is 10.9. The molecular formula is C13H9ClN2O3S. The molecule has 3 rings (SSSR count). The Labute approximate surface area is 123 Å². The number of halogens is 1. The van der Waals surface area contributed by atoms with Crippen molar-refractivity contribution in [3.63, 3.8) is 0 Å². The molecule has 102 valence electrons. The second kappa shape index (κ2) is 4.81. The summed E-state index contributed by atoms with van der Waals surface area (Å²) < 4.78 is 7.07. The summed E-state index contributed by atoms with van der Waals surface area (Å²) in [5.74, 6) is -0.675. The number of fused-ring (bicyclic) bond motifs is 1. The van der Waals surface area contributed by atoms with E-state index >= 15 is 0 Å². The number of thiazole rings is 1. The third kappa shape index (κ3) is 2.13. The van der Waals surface area contributed by atoms with Crippen LogP contribution in [0.1, 0.15) is 16.1 Å². The minimum Gasteiger partial charge on any atom is -0.476 e. The van der Waals surface area contributed by atoms with Gasteiger partial charge in [0.25, 0.3) is 5.88 Å². The number of imidazole rings is 1. The fourth-order valence-corrected chi connectivity index (χ4v) is 2.69. The highest BCUT2D eigenvalue weighted by Crippen LogP contribution is 2.32. The van der Waals surface area contributed by atoms with E-state index in [1.807, 2.05) is 13.0 Å². The largest absolute Gasteiger partial charge is 0.476 e. The van der Waals surface area contributed by atoms with Gasteiger partial charge in [0.05, 0.1) is 5.02 Å². The molecule has 0 saturated heterocycles. The van der Waals surface area contributed by atoms with Crippen LogP contribution in [0.3, 0.4) is 0 Å². The van der Waals surface area contributed by atoms with E-state index in [2.05, 4.69) is 4.98 Å². The predicted octanol–water partition coefficient (Wildman–Crippen LogP) is 3.85. The number of aryl methyl sites for hydroxylation is 1. The Morgan fingerprint density at radius 2 is 2.30 bits per heavy atom. The lowest BCUT2D eigenvalue weighted by molar-refractivity contribution is 0.0686. The zero-order valence-corrected chi connectivity index (χ0v) is 11.9. The maximum atomic E-state index is 11.4. The van der Waals surface area contributed by atoms with Crippen molar-refractivity contribution < 1.29 is 14.6 Å². The van der Waals surface area contributed by atoms with E-state index in [0.717, 1.165) is 5.56 Å². The maximum absolute atomic E-state index is 11.4. The van der Waals surface area contributed by atoms with Crippen molar-refractivity contribution in [2.75, 3.05) is 0 Å². The molecule has 3 aromatic rings. The second-order valence-corrected chi connectivity index (χ2v) is 5.44. The molecule has 2 heterocycles. The lowest BCUT2D eigenvalue weighted by atomic mass is 10.2. The van der Waals surface area contributed by atoms with E-state index in [9.17, 15) is 9.90 Å². The number of aromatic nitrogens is 2. The number of nitrogens with zero attached hydrogens (tertiary/aromatic N) is 2. The van der Waals surface area contributed by atoms with E-state index in [0.29, 0.717) is 15.7 Å². The molecule has 0 amide bonds. The van der Waals surface area contributed by atoms with Crippen molar-refractivity contribution in [2.24, 2.45) is 0 Å². The minimum atomic E-state index is -1.10. The van der Waals surface area contributed by atoms with Crippen LogP contribution in [0.5, 0.6) is 11.6 Å². The topological polar surface area (TPSA) is 63.8 Å². The average molecular weight is 309 g/mol. The molecule has 1 aromatic carbocycles. The van der Waals surface area contributed by atoms with Crippen LogP contribution in [0.25, 0.3) is 4.96 Å². The van der Waals surface area contributed by atoms with Crippen LogP contribution in [0.15, 0.2) is 29.8 Å². The number of hydrogen-bond donors (Lipinski definition) is 1.